The fourth-order valence-electron chi connectivity index (χ4n) is 5.15. The fourth-order valence-corrected chi connectivity index (χ4v) is 6.16. The second kappa shape index (κ2) is 13.3. The van der Waals surface area contributed by atoms with Gasteiger partial charge in [0.25, 0.3) is 0 Å². The third-order valence-electron chi connectivity index (χ3n) is 7.55. The maximum Gasteiger partial charge on any atom is 0.242 e. The molecule has 8 heteroatoms. The molecule has 0 aliphatic heterocycles. The van der Waals surface area contributed by atoms with Crippen LogP contribution < -0.4 is 9.62 Å². The van der Waals surface area contributed by atoms with Gasteiger partial charge in [-0.15, -0.1) is 0 Å². The van der Waals surface area contributed by atoms with Crippen molar-refractivity contribution >= 4 is 27.5 Å². The van der Waals surface area contributed by atoms with E-state index >= 15 is 0 Å². The van der Waals surface area contributed by atoms with Gasteiger partial charge in [0.15, 0.2) is 0 Å². The Morgan fingerprint density at radius 3 is 2.37 bits per heavy atom. The first-order valence-electron chi connectivity index (χ1n) is 13.7. The van der Waals surface area contributed by atoms with Crippen molar-refractivity contribution in [2.75, 3.05) is 17.1 Å². The molecule has 0 bridgehead atoms. The molecule has 2 aromatic carbocycles. The van der Waals surface area contributed by atoms with Crippen molar-refractivity contribution in [2.24, 2.45) is 0 Å². The van der Waals surface area contributed by atoms with Crippen molar-refractivity contribution in [3.05, 3.63) is 64.7 Å². The monoisotopic (exact) mass is 541 g/mol. The molecular formula is C30H43N3O4S. The normalized spacial score (nSPS) is 15.1. The minimum absolute atomic E-state index is 0.133. The number of carbonyl (C=O) groups is 2. The number of nitrogens with one attached hydrogen (secondary N) is 1. The van der Waals surface area contributed by atoms with Gasteiger partial charge in [-0.3, -0.25) is 13.9 Å². The molecule has 1 atom stereocenters. The molecular weight excluding hydrogens is 498 g/mol. The van der Waals surface area contributed by atoms with Gasteiger partial charge in [-0.25, -0.2) is 8.42 Å². The van der Waals surface area contributed by atoms with E-state index in [4.69, 9.17) is 0 Å². The van der Waals surface area contributed by atoms with E-state index in [1.165, 1.54) is 17.0 Å². The number of rotatable bonds is 11. The molecule has 7 nitrogen and oxygen atoms in total. The van der Waals surface area contributed by atoms with Gasteiger partial charge >= 0.3 is 0 Å². The lowest BCUT2D eigenvalue weighted by atomic mass is 9.95. The Bertz CT molecular complexity index is 1220. The molecule has 0 unspecified atom stereocenters. The summed E-state index contributed by atoms with van der Waals surface area (Å²) in [6.45, 7) is 8.16. The van der Waals surface area contributed by atoms with Crippen LogP contribution in [-0.4, -0.2) is 50.0 Å². The molecule has 1 aliphatic carbocycles. The number of benzene rings is 2. The highest BCUT2D eigenvalue weighted by atomic mass is 32.2. The molecule has 0 saturated heterocycles. The van der Waals surface area contributed by atoms with E-state index in [0.717, 1.165) is 47.9 Å². The van der Waals surface area contributed by atoms with Crippen LogP contribution in [0.3, 0.4) is 0 Å². The number of sulfonamides is 1. The number of hydrogen-bond donors (Lipinski definition) is 1. The summed E-state index contributed by atoms with van der Waals surface area (Å²) in [4.78, 5) is 28.4. The summed E-state index contributed by atoms with van der Waals surface area (Å²) < 4.78 is 26.7. The van der Waals surface area contributed by atoms with Crippen LogP contribution in [0.4, 0.5) is 5.69 Å². The Kier molecular flexibility index (Phi) is 10.4. The van der Waals surface area contributed by atoms with Gasteiger partial charge in [-0.2, -0.15) is 0 Å². The number of amides is 2. The van der Waals surface area contributed by atoms with E-state index in [2.05, 4.69) is 5.32 Å². The number of aryl methyl sites for hydroxylation is 2. The largest absolute Gasteiger partial charge is 0.352 e. The first kappa shape index (κ1) is 29.7. The van der Waals surface area contributed by atoms with Gasteiger partial charge in [0.2, 0.25) is 21.8 Å². The zero-order valence-corrected chi connectivity index (χ0v) is 24.3. The Hall–Kier alpha value is -2.87. The summed E-state index contributed by atoms with van der Waals surface area (Å²) in [6, 6.07) is 13.1. The van der Waals surface area contributed by atoms with Crippen LogP contribution in [0.25, 0.3) is 0 Å². The Morgan fingerprint density at radius 2 is 1.71 bits per heavy atom. The molecule has 208 valence electrons. The van der Waals surface area contributed by atoms with Crippen molar-refractivity contribution < 1.29 is 18.0 Å². The second-order valence-corrected chi connectivity index (χ2v) is 12.6. The maximum atomic E-state index is 13.5. The zero-order chi connectivity index (χ0) is 27.9. The number of carbonyl (C=O) groups excluding carboxylic acids is 2. The van der Waals surface area contributed by atoms with Crippen LogP contribution in [0, 0.1) is 20.8 Å². The van der Waals surface area contributed by atoms with Gasteiger partial charge in [0.1, 0.15) is 6.04 Å². The Labute approximate surface area is 228 Å². The van der Waals surface area contributed by atoms with E-state index in [-0.39, 0.29) is 30.8 Å². The first-order chi connectivity index (χ1) is 18.0. The summed E-state index contributed by atoms with van der Waals surface area (Å²) in [5.41, 5.74) is 4.60. The standard InChI is InChI=1S/C30H43N3O4S/c1-22-12-9-14-26(20-22)21-32(25(4)30(35)31-27-15-7-6-8-16-27)29(34)18-11-19-33(38(5,36)37)28-17-10-13-23(2)24(28)3/h9-10,12-14,17,20,25,27H,6-8,11,15-16,18-19,21H2,1-5H3,(H,31,35)/t25-/m0/s1. The molecule has 1 fully saturated rings. The average Bonchev–Trinajstić information content (AvgIpc) is 2.86. The lowest BCUT2D eigenvalue weighted by Gasteiger charge is -2.31. The number of hydrogen-bond acceptors (Lipinski definition) is 4. The van der Waals surface area contributed by atoms with Gasteiger partial charge in [-0.1, -0.05) is 61.2 Å². The van der Waals surface area contributed by atoms with Gasteiger partial charge in [-0.05, 0) is 69.7 Å². The Balaban J connectivity index is 1.74. The highest BCUT2D eigenvalue weighted by Crippen LogP contribution is 2.26. The third-order valence-corrected chi connectivity index (χ3v) is 8.73. The third kappa shape index (κ3) is 8.06. The molecule has 2 amide bonds. The predicted octanol–water partition coefficient (Wildman–Crippen LogP) is 5.02. The highest BCUT2D eigenvalue weighted by molar-refractivity contribution is 7.92. The van der Waals surface area contributed by atoms with Crippen LogP contribution >= 0.6 is 0 Å². The van der Waals surface area contributed by atoms with Crippen molar-refractivity contribution in [1.29, 1.82) is 0 Å². The first-order valence-corrected chi connectivity index (χ1v) is 15.5. The minimum Gasteiger partial charge on any atom is -0.352 e. The quantitative estimate of drug-likeness (QED) is 0.433. The summed E-state index contributed by atoms with van der Waals surface area (Å²) in [5.74, 6) is -0.293. The van der Waals surface area contributed by atoms with E-state index < -0.39 is 16.1 Å². The summed E-state index contributed by atoms with van der Waals surface area (Å²) in [7, 11) is -3.53. The van der Waals surface area contributed by atoms with E-state index in [9.17, 15) is 18.0 Å². The van der Waals surface area contributed by atoms with Gasteiger partial charge in [0.05, 0.1) is 11.9 Å². The number of anilines is 1. The molecule has 1 aliphatic rings. The lowest BCUT2D eigenvalue weighted by Crippen LogP contribution is -2.50. The van der Waals surface area contributed by atoms with Gasteiger partial charge < -0.3 is 10.2 Å². The molecule has 0 aromatic heterocycles. The van der Waals surface area contributed by atoms with Crippen molar-refractivity contribution in [1.82, 2.24) is 10.2 Å². The highest BCUT2D eigenvalue weighted by Gasteiger charge is 2.28. The van der Waals surface area contributed by atoms with Crippen molar-refractivity contribution in [2.45, 2.75) is 91.3 Å². The molecule has 1 N–H and O–H groups in total. The van der Waals surface area contributed by atoms with Crippen molar-refractivity contribution in [3.8, 4) is 0 Å². The van der Waals surface area contributed by atoms with Gasteiger partial charge in [0, 0.05) is 25.6 Å². The topological polar surface area (TPSA) is 86.8 Å². The van der Waals surface area contributed by atoms with E-state index in [0.29, 0.717) is 18.7 Å². The molecule has 0 spiro atoms. The fraction of sp³-hybridized carbons (Fsp3) is 0.533. The molecule has 0 radical (unpaired) electrons. The molecule has 0 heterocycles. The van der Waals surface area contributed by atoms with Crippen LogP contribution in [0.1, 0.15) is 74.1 Å². The van der Waals surface area contributed by atoms with Crippen molar-refractivity contribution in [3.63, 3.8) is 0 Å². The maximum absolute atomic E-state index is 13.5. The zero-order valence-electron chi connectivity index (χ0n) is 23.5. The molecule has 3 rings (SSSR count). The second-order valence-electron chi connectivity index (χ2n) is 10.7. The van der Waals surface area contributed by atoms with Crippen LogP contribution in [-0.2, 0) is 26.2 Å². The summed E-state index contributed by atoms with van der Waals surface area (Å²) in [6.07, 6.45) is 7.06. The van der Waals surface area contributed by atoms with E-state index in [1.807, 2.05) is 57.2 Å². The van der Waals surface area contributed by atoms with Crippen LogP contribution in [0.15, 0.2) is 42.5 Å². The Morgan fingerprint density at radius 1 is 1.03 bits per heavy atom. The molecule has 1 saturated carbocycles. The van der Waals surface area contributed by atoms with Crippen LogP contribution in [0.5, 0.6) is 0 Å². The summed E-state index contributed by atoms with van der Waals surface area (Å²) in [5, 5.41) is 3.16. The summed E-state index contributed by atoms with van der Waals surface area (Å²) >= 11 is 0. The minimum atomic E-state index is -3.53. The smallest absolute Gasteiger partial charge is 0.242 e. The molecule has 2 aromatic rings. The van der Waals surface area contributed by atoms with E-state index in [1.54, 1.807) is 17.9 Å². The lowest BCUT2D eigenvalue weighted by molar-refractivity contribution is -0.141. The van der Waals surface area contributed by atoms with Crippen LogP contribution in [0.2, 0.25) is 0 Å². The predicted molar refractivity (Wildman–Crippen MR) is 154 cm³/mol. The molecule has 38 heavy (non-hydrogen) atoms. The SMILES string of the molecule is Cc1cccc(CN(C(=O)CCCN(c2cccc(C)c2C)S(C)(=O)=O)[C@@H](C)C(=O)NC2CCCCC2)c1. The average molecular weight is 542 g/mol. The number of nitrogens with zero attached hydrogens (tertiary/aromatic N) is 2.